The second-order valence-corrected chi connectivity index (χ2v) is 7.23. The van der Waals surface area contributed by atoms with E-state index in [-0.39, 0.29) is 11.9 Å². The molecule has 1 unspecified atom stereocenters. The van der Waals surface area contributed by atoms with Crippen LogP contribution in [0.3, 0.4) is 0 Å². The van der Waals surface area contributed by atoms with Crippen molar-refractivity contribution in [2.24, 2.45) is 0 Å². The molecule has 1 fully saturated rings. The van der Waals surface area contributed by atoms with E-state index in [0.717, 1.165) is 53.9 Å². The molecule has 140 valence electrons. The van der Waals surface area contributed by atoms with Gasteiger partial charge in [-0.25, -0.2) is 0 Å². The van der Waals surface area contributed by atoms with Gasteiger partial charge in [0.05, 0.1) is 35.6 Å². The van der Waals surface area contributed by atoms with E-state index in [1.54, 1.807) is 6.20 Å². The number of hydrogen-bond acceptors (Lipinski definition) is 4. The number of H-pyrrole nitrogens is 1. The Bertz CT molecular complexity index is 943. The Morgan fingerprint density at radius 1 is 1.30 bits per heavy atom. The Morgan fingerprint density at radius 2 is 2.15 bits per heavy atom. The van der Waals surface area contributed by atoms with E-state index >= 15 is 0 Å². The molecule has 4 rings (SSSR count). The first-order valence-corrected chi connectivity index (χ1v) is 9.44. The number of benzene rings is 1. The SMILES string of the molecule is Cc1cc(-c2cn[nH]c2C2CCCCN2C(=O)Cc2ccccc2C)on1. The number of aromatic amines is 1. The molecule has 1 saturated heterocycles. The molecule has 3 heterocycles. The second-order valence-electron chi connectivity index (χ2n) is 7.23. The molecular formula is C21H24N4O2. The van der Waals surface area contributed by atoms with E-state index in [1.807, 2.05) is 36.1 Å². The average Bonchev–Trinajstić information content (AvgIpc) is 3.32. The maximum atomic E-state index is 13.1. The minimum Gasteiger partial charge on any atom is -0.356 e. The summed E-state index contributed by atoms with van der Waals surface area (Å²) in [6.07, 6.45) is 5.22. The van der Waals surface area contributed by atoms with Crippen LogP contribution in [0.2, 0.25) is 0 Å². The first-order chi connectivity index (χ1) is 13.1. The zero-order chi connectivity index (χ0) is 18.8. The fraction of sp³-hybridized carbons (Fsp3) is 0.381. The van der Waals surface area contributed by atoms with Crippen LogP contribution in [0.5, 0.6) is 0 Å². The molecule has 0 aliphatic carbocycles. The molecule has 1 N–H and O–H groups in total. The van der Waals surface area contributed by atoms with Crippen molar-refractivity contribution in [1.82, 2.24) is 20.3 Å². The van der Waals surface area contributed by atoms with Gasteiger partial charge in [-0.3, -0.25) is 9.89 Å². The molecule has 1 aliphatic rings. The predicted octanol–water partition coefficient (Wildman–Crippen LogP) is 3.98. The molecule has 0 bridgehead atoms. The molecule has 2 aromatic heterocycles. The lowest BCUT2D eigenvalue weighted by Crippen LogP contribution is -2.39. The maximum Gasteiger partial charge on any atom is 0.227 e. The maximum absolute atomic E-state index is 13.1. The number of likely N-dealkylation sites (tertiary alicyclic amines) is 1. The fourth-order valence-electron chi connectivity index (χ4n) is 3.84. The topological polar surface area (TPSA) is 75.0 Å². The van der Waals surface area contributed by atoms with Gasteiger partial charge < -0.3 is 9.42 Å². The number of nitrogens with one attached hydrogen (secondary N) is 1. The molecule has 1 aliphatic heterocycles. The second kappa shape index (κ2) is 7.39. The van der Waals surface area contributed by atoms with Crippen LogP contribution in [0.4, 0.5) is 0 Å². The lowest BCUT2D eigenvalue weighted by molar-refractivity contribution is -0.134. The highest BCUT2D eigenvalue weighted by atomic mass is 16.5. The summed E-state index contributed by atoms with van der Waals surface area (Å²) >= 11 is 0. The molecule has 0 radical (unpaired) electrons. The van der Waals surface area contributed by atoms with Crippen molar-refractivity contribution in [1.29, 1.82) is 0 Å². The lowest BCUT2D eigenvalue weighted by Gasteiger charge is -2.35. The highest BCUT2D eigenvalue weighted by Crippen LogP contribution is 2.36. The van der Waals surface area contributed by atoms with Gasteiger partial charge in [0.1, 0.15) is 0 Å². The third kappa shape index (κ3) is 3.52. The zero-order valence-electron chi connectivity index (χ0n) is 15.7. The Labute approximate surface area is 158 Å². The van der Waals surface area contributed by atoms with E-state index in [1.165, 1.54) is 0 Å². The first-order valence-electron chi connectivity index (χ1n) is 9.44. The summed E-state index contributed by atoms with van der Waals surface area (Å²) in [6.45, 7) is 4.71. The number of aryl methyl sites for hydroxylation is 2. The standard InChI is InChI=1S/C21H24N4O2/c1-14-7-3-4-8-16(14)12-20(26)25-10-6-5-9-18(25)21-17(13-22-23-21)19-11-15(2)24-27-19/h3-4,7-8,11,13,18H,5-6,9-10,12H2,1-2H3,(H,22,23). The van der Waals surface area contributed by atoms with Gasteiger partial charge in [-0.15, -0.1) is 0 Å². The molecule has 3 aromatic rings. The minimum atomic E-state index is -0.0156. The summed E-state index contributed by atoms with van der Waals surface area (Å²) in [4.78, 5) is 15.1. The Kier molecular flexibility index (Phi) is 4.79. The number of nitrogens with zero attached hydrogens (tertiary/aromatic N) is 3. The van der Waals surface area contributed by atoms with Crippen LogP contribution in [0, 0.1) is 13.8 Å². The normalized spacial score (nSPS) is 17.3. The van der Waals surface area contributed by atoms with E-state index in [2.05, 4.69) is 28.3 Å². The molecule has 27 heavy (non-hydrogen) atoms. The number of hydrogen-bond donors (Lipinski definition) is 1. The average molecular weight is 364 g/mol. The molecule has 1 aromatic carbocycles. The number of amides is 1. The molecule has 1 atom stereocenters. The number of aromatic nitrogens is 3. The predicted molar refractivity (Wildman–Crippen MR) is 102 cm³/mol. The van der Waals surface area contributed by atoms with Gasteiger partial charge in [-0.2, -0.15) is 5.10 Å². The fourth-order valence-corrected chi connectivity index (χ4v) is 3.84. The summed E-state index contributed by atoms with van der Waals surface area (Å²) in [5, 5.41) is 11.3. The molecular weight excluding hydrogens is 340 g/mol. The third-order valence-corrected chi connectivity index (χ3v) is 5.32. The van der Waals surface area contributed by atoms with Crippen LogP contribution >= 0.6 is 0 Å². The number of piperidine rings is 1. The van der Waals surface area contributed by atoms with Crippen LogP contribution < -0.4 is 0 Å². The molecule has 1 amide bonds. The summed E-state index contributed by atoms with van der Waals surface area (Å²) < 4.78 is 5.43. The van der Waals surface area contributed by atoms with Crippen molar-refractivity contribution in [2.75, 3.05) is 6.54 Å². The van der Waals surface area contributed by atoms with Crippen molar-refractivity contribution in [2.45, 2.75) is 45.6 Å². The van der Waals surface area contributed by atoms with Gasteiger partial charge in [0, 0.05) is 12.6 Å². The lowest BCUT2D eigenvalue weighted by atomic mass is 9.95. The highest BCUT2D eigenvalue weighted by molar-refractivity contribution is 5.80. The van der Waals surface area contributed by atoms with Crippen LogP contribution in [0.1, 0.15) is 47.8 Å². The van der Waals surface area contributed by atoms with E-state index in [4.69, 9.17) is 4.52 Å². The number of carbonyl (C=O) groups excluding carboxylic acids is 1. The van der Waals surface area contributed by atoms with Crippen molar-refractivity contribution >= 4 is 5.91 Å². The van der Waals surface area contributed by atoms with Gasteiger partial charge >= 0.3 is 0 Å². The smallest absolute Gasteiger partial charge is 0.227 e. The first kappa shape index (κ1) is 17.5. The Morgan fingerprint density at radius 3 is 2.93 bits per heavy atom. The third-order valence-electron chi connectivity index (χ3n) is 5.32. The largest absolute Gasteiger partial charge is 0.356 e. The molecule has 0 spiro atoms. The van der Waals surface area contributed by atoms with Gasteiger partial charge in [0.2, 0.25) is 5.91 Å². The quantitative estimate of drug-likeness (QED) is 0.760. The molecule has 0 saturated carbocycles. The van der Waals surface area contributed by atoms with Crippen LogP contribution in [-0.2, 0) is 11.2 Å². The highest BCUT2D eigenvalue weighted by Gasteiger charge is 2.31. The van der Waals surface area contributed by atoms with Gasteiger partial charge in [-0.1, -0.05) is 29.4 Å². The van der Waals surface area contributed by atoms with Crippen molar-refractivity contribution in [3.63, 3.8) is 0 Å². The Balaban J connectivity index is 1.61. The van der Waals surface area contributed by atoms with Gasteiger partial charge in [0.25, 0.3) is 0 Å². The van der Waals surface area contributed by atoms with Crippen molar-refractivity contribution in [3.05, 3.63) is 59.0 Å². The zero-order valence-corrected chi connectivity index (χ0v) is 15.7. The summed E-state index contributed by atoms with van der Waals surface area (Å²) in [7, 11) is 0. The summed E-state index contributed by atoms with van der Waals surface area (Å²) in [5.74, 6) is 0.844. The van der Waals surface area contributed by atoms with Crippen molar-refractivity contribution in [3.8, 4) is 11.3 Å². The van der Waals surface area contributed by atoms with Crippen LogP contribution in [-0.4, -0.2) is 32.7 Å². The number of rotatable bonds is 4. The van der Waals surface area contributed by atoms with E-state index in [9.17, 15) is 4.79 Å². The minimum absolute atomic E-state index is 0.0156. The summed E-state index contributed by atoms with van der Waals surface area (Å²) in [6, 6.07) is 9.96. The van der Waals surface area contributed by atoms with Gasteiger partial charge in [0.15, 0.2) is 5.76 Å². The van der Waals surface area contributed by atoms with E-state index in [0.29, 0.717) is 12.2 Å². The molecule has 6 heteroatoms. The number of carbonyl (C=O) groups is 1. The van der Waals surface area contributed by atoms with Gasteiger partial charge in [-0.05, 0) is 44.2 Å². The van der Waals surface area contributed by atoms with E-state index < -0.39 is 0 Å². The van der Waals surface area contributed by atoms with Crippen LogP contribution in [0.15, 0.2) is 41.1 Å². The van der Waals surface area contributed by atoms with Crippen LogP contribution in [0.25, 0.3) is 11.3 Å². The summed E-state index contributed by atoms with van der Waals surface area (Å²) in [5.41, 5.74) is 4.88. The van der Waals surface area contributed by atoms with Crippen molar-refractivity contribution < 1.29 is 9.32 Å². The molecule has 6 nitrogen and oxygen atoms in total. The monoisotopic (exact) mass is 364 g/mol. The Hall–Kier alpha value is -2.89.